The highest BCUT2D eigenvalue weighted by Gasteiger charge is 2.41. The Morgan fingerprint density at radius 1 is 1.53 bits per heavy atom. The fourth-order valence-electron chi connectivity index (χ4n) is 2.33. The molecule has 2 rings (SSSR count). The smallest absolute Gasteiger partial charge is 0.227 e. The Morgan fingerprint density at radius 2 is 2.26 bits per heavy atom. The number of aliphatic hydroxyl groups is 3. The van der Waals surface area contributed by atoms with E-state index in [1.165, 1.54) is 11.3 Å². The third-order valence-corrected chi connectivity index (χ3v) is 4.28. The van der Waals surface area contributed by atoms with Crippen LogP contribution in [0.15, 0.2) is 6.20 Å². The summed E-state index contributed by atoms with van der Waals surface area (Å²) >= 11 is 1.46. The summed E-state index contributed by atoms with van der Waals surface area (Å²) in [7, 11) is 0. The van der Waals surface area contributed by atoms with Gasteiger partial charge in [-0.15, -0.1) is 11.3 Å². The Hall–Kier alpha value is -1.02. The number of hydrogen-bond donors (Lipinski definition) is 4. The van der Waals surface area contributed by atoms with Gasteiger partial charge in [0.25, 0.3) is 0 Å². The van der Waals surface area contributed by atoms with Gasteiger partial charge in [-0.1, -0.05) is 0 Å². The van der Waals surface area contributed by atoms with E-state index in [1.807, 2.05) is 6.92 Å². The SMILES string of the molecule is Cc1cnc(CC(=O)N[C@@H]2C[C@H](CO)[C@@H](O)[C@H]2O)s1. The highest BCUT2D eigenvalue weighted by Crippen LogP contribution is 2.26. The average molecular weight is 286 g/mol. The van der Waals surface area contributed by atoms with E-state index in [9.17, 15) is 15.0 Å². The number of nitrogens with zero attached hydrogens (tertiary/aromatic N) is 1. The van der Waals surface area contributed by atoms with Gasteiger partial charge in [-0.3, -0.25) is 4.79 Å². The molecule has 7 heteroatoms. The zero-order valence-corrected chi connectivity index (χ0v) is 11.4. The molecule has 0 aromatic carbocycles. The summed E-state index contributed by atoms with van der Waals surface area (Å²) in [5.74, 6) is -0.619. The van der Waals surface area contributed by atoms with E-state index < -0.39 is 18.2 Å². The first-order valence-electron chi connectivity index (χ1n) is 6.19. The van der Waals surface area contributed by atoms with Gasteiger partial charge >= 0.3 is 0 Å². The van der Waals surface area contributed by atoms with Crippen molar-refractivity contribution in [2.45, 2.75) is 38.0 Å². The van der Waals surface area contributed by atoms with Crippen molar-refractivity contribution < 1.29 is 20.1 Å². The number of aliphatic hydroxyl groups excluding tert-OH is 3. The molecule has 0 bridgehead atoms. The van der Waals surface area contributed by atoms with Gasteiger partial charge < -0.3 is 20.6 Å². The zero-order chi connectivity index (χ0) is 14.0. The van der Waals surface area contributed by atoms with Gasteiger partial charge in [0, 0.05) is 23.6 Å². The molecule has 0 radical (unpaired) electrons. The second kappa shape index (κ2) is 5.96. The highest BCUT2D eigenvalue weighted by molar-refractivity contribution is 7.11. The predicted molar refractivity (Wildman–Crippen MR) is 69.7 cm³/mol. The number of rotatable bonds is 4. The van der Waals surface area contributed by atoms with Gasteiger partial charge in [0.15, 0.2) is 0 Å². The molecular weight excluding hydrogens is 268 g/mol. The Balaban J connectivity index is 1.89. The van der Waals surface area contributed by atoms with Crippen LogP contribution in [0.4, 0.5) is 0 Å². The second-order valence-electron chi connectivity index (χ2n) is 4.87. The summed E-state index contributed by atoms with van der Waals surface area (Å²) in [5, 5.41) is 31.9. The molecular formula is C12H18N2O4S. The van der Waals surface area contributed by atoms with Crippen LogP contribution in [-0.2, 0) is 11.2 Å². The number of aryl methyl sites for hydroxylation is 1. The van der Waals surface area contributed by atoms with E-state index in [1.54, 1.807) is 6.20 Å². The van der Waals surface area contributed by atoms with Crippen molar-refractivity contribution in [1.29, 1.82) is 0 Å². The molecule has 6 nitrogen and oxygen atoms in total. The van der Waals surface area contributed by atoms with Gasteiger partial charge in [-0.05, 0) is 13.3 Å². The quantitative estimate of drug-likeness (QED) is 0.581. The van der Waals surface area contributed by atoms with Crippen LogP contribution in [0.2, 0.25) is 0 Å². The van der Waals surface area contributed by atoms with Crippen LogP contribution >= 0.6 is 11.3 Å². The monoisotopic (exact) mass is 286 g/mol. The second-order valence-corrected chi connectivity index (χ2v) is 6.19. The van der Waals surface area contributed by atoms with Crippen molar-refractivity contribution in [3.8, 4) is 0 Å². The molecule has 1 aromatic rings. The molecule has 1 fully saturated rings. The van der Waals surface area contributed by atoms with Crippen LogP contribution in [0, 0.1) is 12.8 Å². The zero-order valence-electron chi connectivity index (χ0n) is 10.6. The molecule has 0 aliphatic heterocycles. The lowest BCUT2D eigenvalue weighted by Gasteiger charge is -2.17. The summed E-state index contributed by atoms with van der Waals surface area (Å²) in [5.41, 5.74) is 0. The molecule has 1 aromatic heterocycles. The Labute approximate surface area is 115 Å². The number of hydrogen-bond acceptors (Lipinski definition) is 6. The molecule has 4 N–H and O–H groups in total. The molecule has 1 aliphatic carbocycles. The lowest BCUT2D eigenvalue weighted by atomic mass is 10.1. The number of aromatic nitrogens is 1. The number of carbonyl (C=O) groups excluding carboxylic acids is 1. The number of amides is 1. The van der Waals surface area contributed by atoms with Crippen molar-refractivity contribution in [2.75, 3.05) is 6.61 Å². The summed E-state index contributed by atoms with van der Waals surface area (Å²) in [6.07, 6.45) is 0.239. The van der Waals surface area contributed by atoms with Crippen molar-refractivity contribution in [3.05, 3.63) is 16.1 Å². The van der Waals surface area contributed by atoms with Gasteiger partial charge in [0.05, 0.1) is 18.6 Å². The van der Waals surface area contributed by atoms with E-state index in [-0.39, 0.29) is 24.9 Å². The molecule has 106 valence electrons. The largest absolute Gasteiger partial charge is 0.396 e. The Bertz CT molecular complexity index is 451. The third kappa shape index (κ3) is 3.30. The minimum atomic E-state index is -1.03. The summed E-state index contributed by atoms with van der Waals surface area (Å²) in [4.78, 5) is 17.0. The fourth-order valence-corrected chi connectivity index (χ4v) is 3.11. The first kappa shape index (κ1) is 14.4. The molecule has 0 unspecified atom stereocenters. The minimum Gasteiger partial charge on any atom is -0.396 e. The maximum Gasteiger partial charge on any atom is 0.227 e. The molecule has 1 amide bonds. The molecule has 1 heterocycles. The van der Waals surface area contributed by atoms with Crippen molar-refractivity contribution in [3.63, 3.8) is 0 Å². The highest BCUT2D eigenvalue weighted by atomic mass is 32.1. The lowest BCUT2D eigenvalue weighted by Crippen LogP contribution is -2.43. The standard InChI is InChI=1S/C12H18N2O4S/c1-6-4-13-10(19-6)3-9(16)14-8-2-7(5-15)11(17)12(8)18/h4,7-8,11-12,15,17-18H,2-3,5H2,1H3,(H,14,16)/t7-,8-,11-,12+/m1/s1. The van der Waals surface area contributed by atoms with Gasteiger partial charge in [-0.25, -0.2) is 4.98 Å². The van der Waals surface area contributed by atoms with Crippen molar-refractivity contribution in [1.82, 2.24) is 10.3 Å². The van der Waals surface area contributed by atoms with Crippen LogP contribution < -0.4 is 5.32 Å². The Kier molecular flexibility index (Phi) is 4.51. The first-order valence-corrected chi connectivity index (χ1v) is 7.00. The van der Waals surface area contributed by atoms with E-state index in [0.29, 0.717) is 6.42 Å². The van der Waals surface area contributed by atoms with Crippen LogP contribution in [0.1, 0.15) is 16.3 Å². The van der Waals surface area contributed by atoms with E-state index in [2.05, 4.69) is 10.3 Å². The van der Waals surface area contributed by atoms with E-state index >= 15 is 0 Å². The van der Waals surface area contributed by atoms with Gasteiger partial charge in [0.1, 0.15) is 11.1 Å². The van der Waals surface area contributed by atoms with Gasteiger partial charge in [-0.2, -0.15) is 0 Å². The van der Waals surface area contributed by atoms with Crippen molar-refractivity contribution >= 4 is 17.2 Å². The molecule has 1 aliphatic rings. The van der Waals surface area contributed by atoms with Crippen LogP contribution in [-0.4, -0.2) is 51.1 Å². The van der Waals surface area contributed by atoms with Crippen LogP contribution in [0.25, 0.3) is 0 Å². The summed E-state index contributed by atoms with van der Waals surface area (Å²) in [6, 6.07) is -0.513. The topological polar surface area (TPSA) is 103 Å². The summed E-state index contributed by atoms with van der Waals surface area (Å²) < 4.78 is 0. The fraction of sp³-hybridized carbons (Fsp3) is 0.667. The molecule has 0 spiro atoms. The van der Waals surface area contributed by atoms with Gasteiger partial charge in [0.2, 0.25) is 5.91 Å². The average Bonchev–Trinajstić information content (AvgIpc) is 2.88. The Morgan fingerprint density at radius 3 is 2.79 bits per heavy atom. The molecule has 1 saturated carbocycles. The van der Waals surface area contributed by atoms with E-state index in [0.717, 1.165) is 9.88 Å². The molecule has 4 atom stereocenters. The maximum atomic E-state index is 11.8. The number of nitrogens with one attached hydrogen (secondary N) is 1. The number of carbonyl (C=O) groups is 1. The van der Waals surface area contributed by atoms with E-state index in [4.69, 9.17) is 5.11 Å². The lowest BCUT2D eigenvalue weighted by molar-refractivity contribution is -0.122. The number of thiazole rings is 1. The third-order valence-electron chi connectivity index (χ3n) is 3.36. The van der Waals surface area contributed by atoms with Crippen LogP contribution in [0.3, 0.4) is 0 Å². The van der Waals surface area contributed by atoms with Crippen LogP contribution in [0.5, 0.6) is 0 Å². The molecule has 0 saturated heterocycles. The molecule has 19 heavy (non-hydrogen) atoms. The summed E-state index contributed by atoms with van der Waals surface area (Å²) in [6.45, 7) is 1.72. The predicted octanol–water partition coefficient (Wildman–Crippen LogP) is -0.787. The normalized spacial score (nSPS) is 30.5. The van der Waals surface area contributed by atoms with Crippen molar-refractivity contribution in [2.24, 2.45) is 5.92 Å². The minimum absolute atomic E-state index is 0.168. The maximum absolute atomic E-state index is 11.8. The first-order chi connectivity index (χ1) is 9.01.